The van der Waals surface area contributed by atoms with Crippen LogP contribution in [0.4, 0.5) is 0 Å². The number of aryl methyl sites for hydroxylation is 1. The minimum atomic E-state index is 0.0309. The number of benzene rings is 1. The van der Waals surface area contributed by atoms with Gasteiger partial charge in [0.05, 0.1) is 22.1 Å². The molecule has 0 N–H and O–H groups in total. The van der Waals surface area contributed by atoms with E-state index in [0.717, 1.165) is 5.69 Å². The molecule has 0 aliphatic carbocycles. The Morgan fingerprint density at radius 2 is 2.16 bits per heavy atom. The Morgan fingerprint density at radius 1 is 1.37 bits per heavy atom. The van der Waals surface area contributed by atoms with Crippen molar-refractivity contribution in [3.8, 4) is 0 Å². The van der Waals surface area contributed by atoms with Crippen LogP contribution in [0.3, 0.4) is 0 Å². The van der Waals surface area contributed by atoms with E-state index < -0.39 is 0 Å². The highest BCUT2D eigenvalue weighted by Gasteiger charge is 2.08. The second-order valence-corrected chi connectivity index (χ2v) is 6.32. The first-order valence-corrected chi connectivity index (χ1v) is 7.79. The molecule has 1 aromatic carbocycles. The van der Waals surface area contributed by atoms with Crippen LogP contribution < -0.4 is 5.56 Å². The molecule has 0 fully saturated rings. The lowest BCUT2D eigenvalue weighted by Crippen LogP contribution is -2.24. The van der Waals surface area contributed by atoms with Gasteiger partial charge in [-0.15, -0.1) is 11.3 Å². The van der Waals surface area contributed by atoms with Crippen molar-refractivity contribution in [2.24, 2.45) is 0 Å². The maximum Gasteiger partial charge on any atom is 0.267 e. The molecular weight excluding hydrogens is 371 g/mol. The first-order valence-electron chi connectivity index (χ1n) is 5.83. The zero-order valence-corrected chi connectivity index (χ0v) is 13.2. The zero-order chi connectivity index (χ0) is 13.4. The summed E-state index contributed by atoms with van der Waals surface area (Å²) in [6, 6.07) is 8.26. The van der Waals surface area contributed by atoms with Crippen LogP contribution in [0.15, 0.2) is 40.8 Å². The van der Waals surface area contributed by atoms with E-state index in [2.05, 4.69) is 45.1 Å². The van der Waals surface area contributed by atoms with Crippen LogP contribution in [-0.4, -0.2) is 9.55 Å². The van der Waals surface area contributed by atoms with Gasteiger partial charge in [0.15, 0.2) is 0 Å². The molecule has 0 saturated carbocycles. The molecule has 3 aromatic rings. The summed E-state index contributed by atoms with van der Waals surface area (Å²) in [5.41, 5.74) is 1.99. The average Bonchev–Trinajstić information content (AvgIpc) is 2.83. The van der Waals surface area contributed by atoms with Gasteiger partial charge in [-0.1, -0.05) is 18.2 Å². The monoisotopic (exact) mass is 382 g/mol. The largest absolute Gasteiger partial charge is 0.294 e. The van der Waals surface area contributed by atoms with E-state index >= 15 is 0 Å². The topological polar surface area (TPSA) is 34.9 Å². The fraction of sp³-hybridized carbons (Fsp3) is 0.143. The number of rotatable bonds is 2. The lowest BCUT2D eigenvalue weighted by atomic mass is 10.2. The van der Waals surface area contributed by atoms with Crippen LogP contribution in [0.5, 0.6) is 0 Å². The van der Waals surface area contributed by atoms with Gasteiger partial charge in [0, 0.05) is 4.70 Å². The summed E-state index contributed by atoms with van der Waals surface area (Å²) in [5, 5.41) is 3.33. The highest BCUT2D eigenvalue weighted by molar-refractivity contribution is 14.1. The Morgan fingerprint density at radius 3 is 3.00 bits per heavy atom. The second kappa shape index (κ2) is 5.05. The van der Waals surface area contributed by atoms with Gasteiger partial charge in [-0.2, -0.15) is 0 Å². The normalized spacial score (nSPS) is 11.1. The summed E-state index contributed by atoms with van der Waals surface area (Å²) in [5.74, 6) is 0. The minimum absolute atomic E-state index is 0.0309. The van der Waals surface area contributed by atoms with Gasteiger partial charge in [-0.3, -0.25) is 9.36 Å². The van der Waals surface area contributed by atoms with Crippen molar-refractivity contribution in [1.29, 1.82) is 0 Å². The highest BCUT2D eigenvalue weighted by Crippen LogP contribution is 2.25. The molecule has 0 radical (unpaired) electrons. The first kappa shape index (κ1) is 12.8. The van der Waals surface area contributed by atoms with Crippen molar-refractivity contribution < 1.29 is 0 Å². The number of hydrogen-bond donors (Lipinski definition) is 0. The number of hydrogen-bond acceptors (Lipinski definition) is 3. The van der Waals surface area contributed by atoms with Crippen LogP contribution in [0, 0.1) is 10.5 Å². The highest BCUT2D eigenvalue weighted by atomic mass is 127. The zero-order valence-electron chi connectivity index (χ0n) is 10.3. The molecule has 3 nitrogen and oxygen atoms in total. The average molecular weight is 382 g/mol. The summed E-state index contributed by atoms with van der Waals surface area (Å²) in [6.07, 6.45) is 1.63. The number of thiophene rings is 1. The van der Waals surface area contributed by atoms with Crippen LogP contribution >= 0.6 is 33.9 Å². The molecule has 0 saturated heterocycles. The lowest BCUT2D eigenvalue weighted by Gasteiger charge is -2.06. The SMILES string of the molecule is Cc1ncn(Cc2csc3ccccc23)c(=O)c1I. The van der Waals surface area contributed by atoms with Gasteiger partial charge in [-0.05, 0) is 51.9 Å². The molecular formula is C14H11IN2OS. The number of fused-ring (bicyclic) bond motifs is 1. The lowest BCUT2D eigenvalue weighted by molar-refractivity contribution is 0.728. The maximum absolute atomic E-state index is 12.2. The number of aromatic nitrogens is 2. The Bertz CT molecular complexity index is 807. The van der Waals surface area contributed by atoms with E-state index in [1.165, 1.54) is 15.6 Å². The third kappa shape index (κ3) is 2.32. The van der Waals surface area contributed by atoms with Gasteiger partial charge < -0.3 is 0 Å². The van der Waals surface area contributed by atoms with Gasteiger partial charge in [-0.25, -0.2) is 4.98 Å². The molecule has 2 aromatic heterocycles. The predicted octanol–water partition coefficient (Wildman–Crippen LogP) is 3.42. The Labute approximate surface area is 128 Å². The molecule has 0 unspecified atom stereocenters. The van der Waals surface area contributed by atoms with Crippen LogP contribution in [-0.2, 0) is 6.54 Å². The van der Waals surface area contributed by atoms with E-state index in [-0.39, 0.29) is 5.56 Å². The van der Waals surface area contributed by atoms with E-state index in [4.69, 9.17) is 0 Å². The fourth-order valence-electron chi connectivity index (χ4n) is 2.00. The summed E-state index contributed by atoms with van der Waals surface area (Å²) >= 11 is 3.77. The van der Waals surface area contributed by atoms with E-state index in [0.29, 0.717) is 10.1 Å². The molecule has 0 bridgehead atoms. The summed E-state index contributed by atoms with van der Waals surface area (Å²) in [7, 11) is 0. The fourth-order valence-corrected chi connectivity index (χ4v) is 3.40. The van der Waals surface area contributed by atoms with E-state index in [1.54, 1.807) is 22.2 Å². The van der Waals surface area contributed by atoms with Gasteiger partial charge in [0.1, 0.15) is 0 Å². The molecule has 0 amide bonds. The molecule has 19 heavy (non-hydrogen) atoms. The third-order valence-corrected chi connectivity index (χ3v) is 5.31. The Hall–Kier alpha value is -1.21. The van der Waals surface area contributed by atoms with Crippen molar-refractivity contribution >= 4 is 44.0 Å². The molecule has 0 aliphatic rings. The van der Waals surface area contributed by atoms with Crippen molar-refractivity contribution in [2.75, 3.05) is 0 Å². The minimum Gasteiger partial charge on any atom is -0.294 e. The van der Waals surface area contributed by atoms with E-state index in [1.807, 2.05) is 19.1 Å². The van der Waals surface area contributed by atoms with Crippen molar-refractivity contribution in [1.82, 2.24) is 9.55 Å². The smallest absolute Gasteiger partial charge is 0.267 e. The molecule has 0 spiro atoms. The Kier molecular flexibility index (Phi) is 3.40. The second-order valence-electron chi connectivity index (χ2n) is 4.33. The molecule has 0 aliphatic heterocycles. The Balaban J connectivity index is 2.07. The van der Waals surface area contributed by atoms with Crippen LogP contribution in [0.1, 0.15) is 11.3 Å². The summed E-state index contributed by atoms with van der Waals surface area (Å²) in [6.45, 7) is 2.43. The summed E-state index contributed by atoms with van der Waals surface area (Å²) in [4.78, 5) is 16.4. The maximum atomic E-state index is 12.2. The molecule has 96 valence electrons. The van der Waals surface area contributed by atoms with E-state index in [9.17, 15) is 4.79 Å². The van der Waals surface area contributed by atoms with Gasteiger partial charge in [0.25, 0.3) is 5.56 Å². The number of halogens is 1. The molecule has 2 heterocycles. The van der Waals surface area contributed by atoms with Crippen LogP contribution in [0.2, 0.25) is 0 Å². The first-order chi connectivity index (χ1) is 9.16. The quantitative estimate of drug-likeness (QED) is 0.637. The summed E-state index contributed by atoms with van der Waals surface area (Å²) < 4.78 is 3.61. The molecule has 5 heteroatoms. The standard InChI is InChI=1S/C14H11IN2OS/c1-9-13(15)14(18)17(8-16-9)6-10-7-19-12-5-3-2-4-11(10)12/h2-5,7-8H,6H2,1H3. The molecule has 0 atom stereocenters. The van der Waals surface area contributed by atoms with Gasteiger partial charge in [0.2, 0.25) is 0 Å². The predicted molar refractivity (Wildman–Crippen MR) is 86.9 cm³/mol. The van der Waals surface area contributed by atoms with Crippen molar-refractivity contribution in [3.05, 3.63) is 61.2 Å². The van der Waals surface area contributed by atoms with Crippen LogP contribution in [0.25, 0.3) is 10.1 Å². The van der Waals surface area contributed by atoms with Gasteiger partial charge >= 0.3 is 0 Å². The number of nitrogens with zero attached hydrogens (tertiary/aromatic N) is 2. The van der Waals surface area contributed by atoms with Crippen molar-refractivity contribution in [2.45, 2.75) is 13.5 Å². The molecule has 3 rings (SSSR count). The third-order valence-electron chi connectivity index (χ3n) is 3.06. The van der Waals surface area contributed by atoms with Crippen molar-refractivity contribution in [3.63, 3.8) is 0 Å².